The minimum Gasteiger partial charge on any atom is -0.207 e. The number of hydrogen-bond donors (Lipinski definition) is 1. The van der Waals surface area contributed by atoms with Gasteiger partial charge in [-0.2, -0.15) is 0 Å². The maximum absolute atomic E-state index is 12.5. The molecule has 1 N–H and O–H groups in total. The van der Waals surface area contributed by atoms with E-state index in [0.29, 0.717) is 0 Å². The van der Waals surface area contributed by atoms with Crippen LogP contribution in [0.15, 0.2) is 57.9 Å². The molecule has 0 spiro atoms. The maximum atomic E-state index is 12.5. The van der Waals surface area contributed by atoms with Crippen LogP contribution in [0.25, 0.3) is 0 Å². The molecular weight excluding hydrogens is 374 g/mol. The molecule has 1 aliphatic carbocycles. The average molecular weight is 387 g/mol. The molecule has 6 heteroatoms. The zero-order valence-electron chi connectivity index (χ0n) is 11.0. The fourth-order valence-electron chi connectivity index (χ4n) is 2.32. The molecule has 0 aromatic heterocycles. The molecule has 1 saturated carbocycles. The van der Waals surface area contributed by atoms with Crippen molar-refractivity contribution in [3.63, 3.8) is 0 Å². The first kappa shape index (κ1) is 15.0. The number of rotatable bonds is 4. The van der Waals surface area contributed by atoms with E-state index in [2.05, 4.69) is 20.7 Å². The van der Waals surface area contributed by atoms with Gasteiger partial charge in [-0.3, -0.25) is 0 Å². The molecule has 0 saturated heterocycles. The summed E-state index contributed by atoms with van der Waals surface area (Å²) in [4.78, 5) is 0.120. The quantitative estimate of drug-likeness (QED) is 0.861. The molecule has 0 amide bonds. The van der Waals surface area contributed by atoms with Gasteiger partial charge in [0.25, 0.3) is 0 Å². The van der Waals surface area contributed by atoms with Crippen LogP contribution in [0.5, 0.6) is 0 Å². The Hall–Kier alpha value is -0.880. The zero-order valence-corrected chi connectivity index (χ0v) is 14.2. The van der Waals surface area contributed by atoms with Gasteiger partial charge in [0.05, 0.1) is 10.6 Å². The Morgan fingerprint density at radius 1 is 1.05 bits per heavy atom. The van der Waals surface area contributed by atoms with Crippen LogP contribution in [-0.4, -0.2) is 8.42 Å². The van der Waals surface area contributed by atoms with Gasteiger partial charge < -0.3 is 0 Å². The molecule has 0 unspecified atom stereocenters. The van der Waals surface area contributed by atoms with E-state index >= 15 is 0 Å². The van der Waals surface area contributed by atoms with E-state index in [1.54, 1.807) is 18.2 Å². The van der Waals surface area contributed by atoms with Crippen molar-refractivity contribution in [2.24, 2.45) is 0 Å². The van der Waals surface area contributed by atoms with Gasteiger partial charge in [0.15, 0.2) is 0 Å². The summed E-state index contributed by atoms with van der Waals surface area (Å²) < 4.78 is 28.9. The standard InChI is InChI=1S/C15H13BrClNO2S/c16-12-7-5-11(6-8-12)15(9-10-15)18-21(19,20)14-4-2-1-3-13(14)17/h1-8,18H,9-10H2. The minimum absolute atomic E-state index is 0.120. The second-order valence-corrected chi connectivity index (χ2v) is 8.10. The molecule has 0 heterocycles. The largest absolute Gasteiger partial charge is 0.242 e. The fourth-order valence-corrected chi connectivity index (χ4v) is 4.55. The second-order valence-electron chi connectivity index (χ2n) is 5.12. The first-order valence-corrected chi connectivity index (χ1v) is 9.13. The van der Waals surface area contributed by atoms with E-state index in [1.165, 1.54) is 6.07 Å². The molecule has 1 fully saturated rings. The van der Waals surface area contributed by atoms with E-state index in [0.717, 1.165) is 22.9 Å². The number of halogens is 2. The number of hydrogen-bond acceptors (Lipinski definition) is 2. The minimum atomic E-state index is -3.64. The van der Waals surface area contributed by atoms with Crippen LogP contribution >= 0.6 is 27.5 Å². The van der Waals surface area contributed by atoms with Crippen LogP contribution in [0.4, 0.5) is 0 Å². The lowest BCUT2D eigenvalue weighted by Crippen LogP contribution is -2.35. The molecule has 21 heavy (non-hydrogen) atoms. The first-order valence-electron chi connectivity index (χ1n) is 6.48. The van der Waals surface area contributed by atoms with E-state index < -0.39 is 15.6 Å². The third-order valence-electron chi connectivity index (χ3n) is 3.60. The summed E-state index contributed by atoms with van der Waals surface area (Å²) in [6.07, 6.45) is 1.58. The topological polar surface area (TPSA) is 46.2 Å². The molecule has 3 rings (SSSR count). The second kappa shape index (κ2) is 5.39. The highest BCUT2D eigenvalue weighted by atomic mass is 79.9. The SMILES string of the molecule is O=S(=O)(NC1(c2ccc(Br)cc2)CC1)c1ccccc1Cl. The molecule has 2 aromatic carbocycles. The van der Waals surface area contributed by atoms with Crippen molar-refractivity contribution < 1.29 is 8.42 Å². The molecule has 3 nitrogen and oxygen atoms in total. The predicted molar refractivity (Wildman–Crippen MR) is 86.8 cm³/mol. The normalized spacial score (nSPS) is 16.7. The lowest BCUT2D eigenvalue weighted by atomic mass is 10.1. The molecule has 2 aromatic rings. The average Bonchev–Trinajstić information content (AvgIpc) is 3.19. The molecule has 1 aliphatic rings. The molecule has 0 aliphatic heterocycles. The summed E-state index contributed by atoms with van der Waals surface area (Å²) in [7, 11) is -3.64. The van der Waals surface area contributed by atoms with E-state index in [9.17, 15) is 8.42 Å². The Labute approximate surface area is 137 Å². The fraction of sp³-hybridized carbons (Fsp3) is 0.200. The van der Waals surface area contributed by atoms with Crippen LogP contribution in [0, 0.1) is 0 Å². The van der Waals surface area contributed by atoms with Crippen molar-refractivity contribution in [2.45, 2.75) is 23.3 Å². The Kier molecular flexibility index (Phi) is 3.86. The van der Waals surface area contributed by atoms with Crippen molar-refractivity contribution in [3.05, 3.63) is 63.6 Å². The summed E-state index contributed by atoms with van der Waals surface area (Å²) in [5.74, 6) is 0. The van der Waals surface area contributed by atoms with E-state index in [-0.39, 0.29) is 9.92 Å². The summed E-state index contributed by atoms with van der Waals surface area (Å²) in [6, 6.07) is 14.2. The smallest absolute Gasteiger partial charge is 0.207 e. The van der Waals surface area contributed by atoms with Gasteiger partial charge in [-0.1, -0.05) is 51.8 Å². The monoisotopic (exact) mass is 385 g/mol. The summed E-state index contributed by atoms with van der Waals surface area (Å²) in [6.45, 7) is 0. The van der Waals surface area contributed by atoms with Crippen LogP contribution < -0.4 is 4.72 Å². The van der Waals surface area contributed by atoms with Gasteiger partial charge in [0.1, 0.15) is 4.90 Å². The van der Waals surface area contributed by atoms with Crippen LogP contribution in [-0.2, 0) is 15.6 Å². The van der Waals surface area contributed by atoms with Crippen LogP contribution in [0.3, 0.4) is 0 Å². The van der Waals surface area contributed by atoms with Gasteiger partial charge >= 0.3 is 0 Å². The number of benzene rings is 2. The number of nitrogens with one attached hydrogen (secondary N) is 1. The lowest BCUT2D eigenvalue weighted by molar-refractivity contribution is 0.552. The third kappa shape index (κ3) is 3.01. The van der Waals surface area contributed by atoms with Crippen LogP contribution in [0.1, 0.15) is 18.4 Å². The highest BCUT2D eigenvalue weighted by molar-refractivity contribution is 9.10. The highest BCUT2D eigenvalue weighted by Crippen LogP contribution is 2.47. The summed E-state index contributed by atoms with van der Waals surface area (Å²) in [5, 5.41) is 0.233. The van der Waals surface area contributed by atoms with Gasteiger partial charge in [-0.15, -0.1) is 0 Å². The lowest BCUT2D eigenvalue weighted by Gasteiger charge is -2.18. The van der Waals surface area contributed by atoms with Gasteiger partial charge in [0.2, 0.25) is 10.0 Å². The molecule has 110 valence electrons. The Bertz CT molecular complexity index is 771. The maximum Gasteiger partial charge on any atom is 0.242 e. The third-order valence-corrected chi connectivity index (χ3v) is 6.17. The van der Waals surface area contributed by atoms with Crippen molar-refractivity contribution in [2.75, 3.05) is 0 Å². The molecule has 0 bridgehead atoms. The Balaban J connectivity index is 1.93. The first-order chi connectivity index (χ1) is 9.93. The zero-order chi connectivity index (χ0) is 15.1. The predicted octanol–water partition coefficient (Wildman–Crippen LogP) is 4.07. The van der Waals surface area contributed by atoms with Crippen molar-refractivity contribution in [1.29, 1.82) is 0 Å². The molecule has 0 radical (unpaired) electrons. The Morgan fingerprint density at radius 3 is 2.24 bits per heavy atom. The van der Waals surface area contributed by atoms with Gasteiger partial charge in [-0.25, -0.2) is 13.1 Å². The van der Waals surface area contributed by atoms with Crippen molar-refractivity contribution in [3.8, 4) is 0 Å². The van der Waals surface area contributed by atoms with E-state index in [1.807, 2.05) is 24.3 Å². The molecule has 0 atom stereocenters. The van der Waals surface area contributed by atoms with Crippen molar-refractivity contribution >= 4 is 37.6 Å². The van der Waals surface area contributed by atoms with Gasteiger partial charge in [-0.05, 0) is 42.7 Å². The van der Waals surface area contributed by atoms with Crippen molar-refractivity contribution in [1.82, 2.24) is 4.72 Å². The summed E-state index contributed by atoms with van der Waals surface area (Å²) in [5.41, 5.74) is 0.472. The molecular formula is C15H13BrClNO2S. The van der Waals surface area contributed by atoms with Crippen LogP contribution in [0.2, 0.25) is 5.02 Å². The highest BCUT2D eigenvalue weighted by Gasteiger charge is 2.47. The van der Waals surface area contributed by atoms with E-state index in [4.69, 9.17) is 11.6 Å². The number of sulfonamides is 1. The summed E-state index contributed by atoms with van der Waals surface area (Å²) >= 11 is 9.38. The van der Waals surface area contributed by atoms with Gasteiger partial charge in [0, 0.05) is 4.47 Å². The Morgan fingerprint density at radius 2 is 1.67 bits per heavy atom.